The lowest BCUT2D eigenvalue weighted by Crippen LogP contribution is -2.48. The van der Waals surface area contributed by atoms with Crippen molar-refractivity contribution in [2.24, 2.45) is 0 Å². The molecule has 0 aromatic heterocycles. The summed E-state index contributed by atoms with van der Waals surface area (Å²) in [6.07, 6.45) is 0.912. The molecule has 3 nitrogen and oxygen atoms in total. The molecule has 1 rings (SSSR count). The molecule has 19 heavy (non-hydrogen) atoms. The van der Waals surface area contributed by atoms with Crippen molar-refractivity contribution in [3.63, 3.8) is 0 Å². The van der Waals surface area contributed by atoms with Crippen LogP contribution in [0.3, 0.4) is 0 Å². The van der Waals surface area contributed by atoms with Crippen molar-refractivity contribution < 1.29 is 4.79 Å². The minimum Gasteiger partial charge on any atom is -0.374 e. The van der Waals surface area contributed by atoms with Crippen molar-refractivity contribution in [3.05, 3.63) is 29.3 Å². The molecule has 2 N–H and O–H groups in total. The number of nitrogens with one attached hydrogen (secondary N) is 2. The average Bonchev–Trinajstić information content (AvgIpc) is 2.33. The molecule has 106 valence electrons. The highest BCUT2D eigenvalue weighted by Gasteiger charge is 2.21. The second-order valence-electron chi connectivity index (χ2n) is 5.89. The number of rotatable bonds is 5. The van der Waals surface area contributed by atoms with Crippen molar-refractivity contribution in [2.45, 2.75) is 59.5 Å². The molecule has 1 aromatic rings. The van der Waals surface area contributed by atoms with Crippen LogP contribution in [0.1, 0.15) is 45.2 Å². The van der Waals surface area contributed by atoms with Gasteiger partial charge in [-0.15, -0.1) is 0 Å². The van der Waals surface area contributed by atoms with Gasteiger partial charge in [0.15, 0.2) is 0 Å². The summed E-state index contributed by atoms with van der Waals surface area (Å²) in [5.74, 6) is 0.0325. The lowest BCUT2D eigenvalue weighted by molar-refractivity contribution is -0.123. The fourth-order valence-electron chi connectivity index (χ4n) is 1.68. The van der Waals surface area contributed by atoms with Gasteiger partial charge in [-0.2, -0.15) is 0 Å². The van der Waals surface area contributed by atoms with Crippen LogP contribution in [0.4, 0.5) is 5.69 Å². The summed E-state index contributed by atoms with van der Waals surface area (Å²) in [4.78, 5) is 12.1. The van der Waals surface area contributed by atoms with Gasteiger partial charge in [-0.25, -0.2) is 0 Å². The molecule has 0 aliphatic carbocycles. The third kappa shape index (κ3) is 4.58. The first kappa shape index (κ1) is 15.5. The molecule has 0 radical (unpaired) electrons. The molecule has 0 aliphatic heterocycles. The van der Waals surface area contributed by atoms with Gasteiger partial charge in [0.25, 0.3) is 0 Å². The maximum absolute atomic E-state index is 12.1. The van der Waals surface area contributed by atoms with E-state index >= 15 is 0 Å². The standard InChI is InChI=1S/C16H26N2O/c1-7-16(5,6)18-15(19)13(4)17-14-9-8-11(2)12(3)10-14/h8-10,13,17H,7H2,1-6H3,(H,18,19). The second kappa shape index (κ2) is 6.09. The molecule has 1 unspecified atom stereocenters. The molecule has 0 fully saturated rings. The van der Waals surface area contributed by atoms with E-state index in [1.165, 1.54) is 11.1 Å². The van der Waals surface area contributed by atoms with Gasteiger partial charge in [-0.05, 0) is 64.3 Å². The Morgan fingerprint density at radius 1 is 1.26 bits per heavy atom. The zero-order valence-corrected chi connectivity index (χ0v) is 12.9. The molecule has 3 heteroatoms. The van der Waals surface area contributed by atoms with Crippen molar-refractivity contribution in [1.29, 1.82) is 0 Å². The predicted octanol–water partition coefficient (Wildman–Crippen LogP) is 3.41. The maximum Gasteiger partial charge on any atom is 0.242 e. The van der Waals surface area contributed by atoms with Gasteiger partial charge in [0.1, 0.15) is 6.04 Å². The van der Waals surface area contributed by atoms with E-state index in [-0.39, 0.29) is 17.5 Å². The van der Waals surface area contributed by atoms with Crippen LogP contribution < -0.4 is 10.6 Å². The number of anilines is 1. The van der Waals surface area contributed by atoms with Crippen molar-refractivity contribution in [1.82, 2.24) is 5.32 Å². The number of carbonyl (C=O) groups excluding carboxylic acids is 1. The Morgan fingerprint density at radius 2 is 1.89 bits per heavy atom. The lowest BCUT2D eigenvalue weighted by Gasteiger charge is -2.27. The fourth-order valence-corrected chi connectivity index (χ4v) is 1.68. The van der Waals surface area contributed by atoms with E-state index in [1.54, 1.807) is 0 Å². The number of carbonyl (C=O) groups is 1. The Morgan fingerprint density at radius 3 is 2.42 bits per heavy atom. The van der Waals surface area contributed by atoms with Gasteiger partial charge >= 0.3 is 0 Å². The van der Waals surface area contributed by atoms with Gasteiger partial charge < -0.3 is 10.6 Å². The van der Waals surface area contributed by atoms with Crippen molar-refractivity contribution in [2.75, 3.05) is 5.32 Å². The lowest BCUT2D eigenvalue weighted by atomic mass is 10.0. The largest absolute Gasteiger partial charge is 0.374 e. The van der Waals surface area contributed by atoms with E-state index in [2.05, 4.69) is 43.5 Å². The summed E-state index contributed by atoms with van der Waals surface area (Å²) in [5, 5.41) is 6.29. The average molecular weight is 262 g/mol. The Kier molecular flexibility index (Phi) is 4.98. The molecule has 1 amide bonds. The van der Waals surface area contributed by atoms with Crippen molar-refractivity contribution in [3.8, 4) is 0 Å². The summed E-state index contributed by atoms with van der Waals surface area (Å²) in [7, 11) is 0. The van der Waals surface area contributed by atoms with E-state index in [9.17, 15) is 4.79 Å². The number of aryl methyl sites for hydroxylation is 2. The highest BCUT2D eigenvalue weighted by molar-refractivity contribution is 5.84. The first-order valence-electron chi connectivity index (χ1n) is 6.91. The minimum absolute atomic E-state index is 0.0325. The molecule has 1 atom stereocenters. The minimum atomic E-state index is -0.243. The summed E-state index contributed by atoms with van der Waals surface area (Å²) < 4.78 is 0. The van der Waals surface area contributed by atoms with Crippen LogP contribution in [-0.4, -0.2) is 17.5 Å². The normalized spacial score (nSPS) is 12.9. The zero-order chi connectivity index (χ0) is 14.6. The van der Waals surface area contributed by atoms with Gasteiger partial charge in [0.05, 0.1) is 0 Å². The highest BCUT2D eigenvalue weighted by atomic mass is 16.2. The summed E-state index contributed by atoms with van der Waals surface area (Å²) >= 11 is 0. The van der Waals surface area contributed by atoms with E-state index in [4.69, 9.17) is 0 Å². The Labute approximate surface area is 116 Å². The molecule has 0 heterocycles. The number of hydrogen-bond donors (Lipinski definition) is 2. The topological polar surface area (TPSA) is 41.1 Å². The second-order valence-corrected chi connectivity index (χ2v) is 5.89. The molecule has 0 spiro atoms. The first-order chi connectivity index (χ1) is 8.75. The van der Waals surface area contributed by atoms with E-state index in [0.29, 0.717) is 0 Å². The summed E-state index contributed by atoms with van der Waals surface area (Å²) in [5.41, 5.74) is 3.32. The molecule has 0 aliphatic rings. The van der Waals surface area contributed by atoms with Crippen LogP contribution in [-0.2, 0) is 4.79 Å². The van der Waals surface area contributed by atoms with E-state index < -0.39 is 0 Å². The molecule has 0 saturated carbocycles. The van der Waals surface area contributed by atoms with E-state index in [1.807, 2.05) is 26.8 Å². The predicted molar refractivity (Wildman–Crippen MR) is 81.5 cm³/mol. The van der Waals surface area contributed by atoms with Gasteiger partial charge in [-0.1, -0.05) is 13.0 Å². The monoisotopic (exact) mass is 262 g/mol. The highest BCUT2D eigenvalue weighted by Crippen LogP contribution is 2.15. The summed E-state index contributed by atoms with van der Waals surface area (Å²) in [6, 6.07) is 5.91. The summed E-state index contributed by atoms with van der Waals surface area (Å²) in [6.45, 7) is 12.2. The third-order valence-electron chi connectivity index (χ3n) is 3.63. The maximum atomic E-state index is 12.1. The quantitative estimate of drug-likeness (QED) is 0.854. The van der Waals surface area contributed by atoms with Crippen LogP contribution in [0.15, 0.2) is 18.2 Å². The molecule has 0 bridgehead atoms. The smallest absolute Gasteiger partial charge is 0.242 e. The van der Waals surface area contributed by atoms with Crippen LogP contribution in [0.5, 0.6) is 0 Å². The number of hydrogen-bond acceptors (Lipinski definition) is 2. The zero-order valence-electron chi connectivity index (χ0n) is 12.9. The van der Waals surface area contributed by atoms with E-state index in [0.717, 1.165) is 12.1 Å². The molecule has 1 aromatic carbocycles. The van der Waals surface area contributed by atoms with Crippen LogP contribution in [0.2, 0.25) is 0 Å². The molecule has 0 saturated heterocycles. The number of amides is 1. The first-order valence-corrected chi connectivity index (χ1v) is 6.91. The van der Waals surface area contributed by atoms with Crippen LogP contribution >= 0.6 is 0 Å². The van der Waals surface area contributed by atoms with Gasteiger partial charge in [-0.3, -0.25) is 4.79 Å². The van der Waals surface area contributed by atoms with Crippen LogP contribution in [0, 0.1) is 13.8 Å². The Balaban J connectivity index is 2.66. The van der Waals surface area contributed by atoms with Crippen molar-refractivity contribution >= 4 is 11.6 Å². The molecular formula is C16H26N2O. The Bertz CT molecular complexity index is 452. The molecular weight excluding hydrogens is 236 g/mol. The third-order valence-corrected chi connectivity index (χ3v) is 3.63. The SMILES string of the molecule is CCC(C)(C)NC(=O)C(C)Nc1ccc(C)c(C)c1. The Hall–Kier alpha value is -1.51. The fraction of sp³-hybridized carbons (Fsp3) is 0.562. The van der Waals surface area contributed by atoms with Crippen LogP contribution in [0.25, 0.3) is 0 Å². The van der Waals surface area contributed by atoms with Gasteiger partial charge in [0.2, 0.25) is 5.91 Å². The number of benzene rings is 1. The van der Waals surface area contributed by atoms with Gasteiger partial charge in [0, 0.05) is 11.2 Å².